The van der Waals surface area contributed by atoms with Gasteiger partial charge in [-0.3, -0.25) is 14.4 Å². The van der Waals surface area contributed by atoms with Crippen LogP contribution >= 0.6 is 0 Å². The van der Waals surface area contributed by atoms with Crippen LogP contribution in [0.15, 0.2) is 72.9 Å². The standard InChI is InChI=1S/C62H108O6/c1-4-7-10-13-16-19-22-25-28-30-31-33-34-37-40-43-46-49-52-55-61(64)67-58-59(57-66-60(63)54-51-48-45-42-39-36-27-24-21-18-15-12-9-6-3)68-62(65)56-53-50-47-44-41-38-35-32-29-26-23-20-17-14-11-8-5-2/h8,11,17,20,26,29-31,35,38,44,47,59H,4-7,9-10,12-16,18-19,21-25,27-28,32-34,36-37,39-43,45-46,48-58H2,1-3H3/b11-8-,20-17-,29-26-,31-30-,38-35-,47-44-. The van der Waals surface area contributed by atoms with E-state index in [1.165, 1.54) is 161 Å². The summed E-state index contributed by atoms with van der Waals surface area (Å²) in [5.74, 6) is -0.951. The first-order chi connectivity index (χ1) is 33.5. The maximum atomic E-state index is 12.8. The molecule has 0 saturated carbocycles. The maximum absolute atomic E-state index is 12.8. The highest BCUT2D eigenvalue weighted by Gasteiger charge is 2.19. The van der Waals surface area contributed by atoms with Crippen molar-refractivity contribution in [2.75, 3.05) is 13.2 Å². The Hall–Kier alpha value is -3.15. The Morgan fingerprint density at radius 3 is 0.956 bits per heavy atom. The van der Waals surface area contributed by atoms with E-state index >= 15 is 0 Å². The van der Waals surface area contributed by atoms with Crippen LogP contribution in [0.5, 0.6) is 0 Å². The Bertz CT molecular complexity index is 1270. The van der Waals surface area contributed by atoms with Crippen LogP contribution in [0.2, 0.25) is 0 Å². The molecule has 0 spiro atoms. The van der Waals surface area contributed by atoms with Crippen molar-refractivity contribution in [2.24, 2.45) is 0 Å². The van der Waals surface area contributed by atoms with Crippen molar-refractivity contribution in [3.63, 3.8) is 0 Å². The van der Waals surface area contributed by atoms with Gasteiger partial charge in [-0.1, -0.05) is 254 Å². The fourth-order valence-corrected chi connectivity index (χ4v) is 8.12. The number of ether oxygens (including phenoxy) is 3. The lowest BCUT2D eigenvalue weighted by molar-refractivity contribution is -0.167. The number of esters is 3. The van der Waals surface area contributed by atoms with E-state index in [1.54, 1.807) is 0 Å². The van der Waals surface area contributed by atoms with Gasteiger partial charge in [0, 0.05) is 19.3 Å². The lowest BCUT2D eigenvalue weighted by atomic mass is 10.0. The van der Waals surface area contributed by atoms with Gasteiger partial charge in [0.25, 0.3) is 0 Å². The molecule has 0 radical (unpaired) electrons. The molecule has 392 valence electrons. The Balaban J connectivity index is 4.44. The number of unbranched alkanes of at least 4 members (excludes halogenated alkanes) is 29. The van der Waals surface area contributed by atoms with Crippen LogP contribution in [-0.4, -0.2) is 37.2 Å². The predicted molar refractivity (Wildman–Crippen MR) is 293 cm³/mol. The van der Waals surface area contributed by atoms with Crippen LogP contribution in [0.25, 0.3) is 0 Å². The van der Waals surface area contributed by atoms with Gasteiger partial charge in [0.1, 0.15) is 13.2 Å². The number of hydrogen-bond donors (Lipinski definition) is 0. The first-order valence-electron chi connectivity index (χ1n) is 28.9. The van der Waals surface area contributed by atoms with E-state index in [0.717, 1.165) is 77.0 Å². The molecule has 0 aromatic heterocycles. The molecule has 0 rings (SSSR count). The van der Waals surface area contributed by atoms with E-state index in [2.05, 4.69) is 93.7 Å². The van der Waals surface area contributed by atoms with E-state index in [-0.39, 0.29) is 37.5 Å². The molecule has 0 aliphatic carbocycles. The minimum absolute atomic E-state index is 0.0970. The summed E-state index contributed by atoms with van der Waals surface area (Å²) < 4.78 is 16.8. The highest BCUT2D eigenvalue weighted by Crippen LogP contribution is 2.16. The molecule has 0 aromatic carbocycles. The second-order valence-corrected chi connectivity index (χ2v) is 19.2. The van der Waals surface area contributed by atoms with E-state index < -0.39 is 6.10 Å². The first kappa shape index (κ1) is 64.8. The molecule has 0 aliphatic heterocycles. The SMILES string of the molecule is CC/C=C\C/C=C\C/C=C\C/C=C\C/C=C\CCCC(=O)OC(COC(=O)CCCCCCCCC/C=C\CCCCCCCCCC)COC(=O)CCCCCCCCCCCCCCCC. The van der Waals surface area contributed by atoms with Gasteiger partial charge < -0.3 is 14.2 Å². The normalized spacial score (nSPS) is 12.6. The zero-order chi connectivity index (χ0) is 49.3. The van der Waals surface area contributed by atoms with Crippen LogP contribution in [0.3, 0.4) is 0 Å². The summed E-state index contributed by atoms with van der Waals surface area (Å²) in [6, 6.07) is 0. The Morgan fingerprint density at radius 2 is 0.588 bits per heavy atom. The second kappa shape index (κ2) is 56.4. The Labute approximate surface area is 421 Å². The third-order valence-corrected chi connectivity index (χ3v) is 12.4. The zero-order valence-corrected chi connectivity index (χ0v) is 44.9. The van der Waals surface area contributed by atoms with E-state index in [9.17, 15) is 14.4 Å². The first-order valence-corrected chi connectivity index (χ1v) is 28.9. The highest BCUT2D eigenvalue weighted by molar-refractivity contribution is 5.71. The molecule has 0 amide bonds. The lowest BCUT2D eigenvalue weighted by Crippen LogP contribution is -2.30. The highest BCUT2D eigenvalue weighted by atomic mass is 16.6. The number of carbonyl (C=O) groups excluding carboxylic acids is 3. The monoisotopic (exact) mass is 949 g/mol. The van der Waals surface area contributed by atoms with Crippen LogP contribution in [0, 0.1) is 0 Å². The number of allylic oxidation sites excluding steroid dienone is 12. The van der Waals surface area contributed by atoms with Gasteiger partial charge in [-0.25, -0.2) is 0 Å². The average Bonchev–Trinajstić information content (AvgIpc) is 3.34. The third kappa shape index (κ3) is 53.8. The number of rotatable bonds is 52. The molecule has 0 aromatic rings. The second-order valence-electron chi connectivity index (χ2n) is 19.2. The smallest absolute Gasteiger partial charge is 0.306 e. The summed E-state index contributed by atoms with van der Waals surface area (Å²) in [5, 5.41) is 0. The summed E-state index contributed by atoms with van der Waals surface area (Å²) in [6.45, 7) is 6.50. The molecular weight excluding hydrogens is 841 g/mol. The molecule has 1 unspecified atom stereocenters. The van der Waals surface area contributed by atoms with Crippen LogP contribution < -0.4 is 0 Å². The molecule has 6 heteroatoms. The van der Waals surface area contributed by atoms with Crippen molar-refractivity contribution in [1.29, 1.82) is 0 Å². The van der Waals surface area contributed by atoms with Crippen molar-refractivity contribution >= 4 is 17.9 Å². The third-order valence-electron chi connectivity index (χ3n) is 12.4. The molecule has 0 bridgehead atoms. The minimum atomic E-state index is -0.805. The van der Waals surface area contributed by atoms with Crippen LogP contribution in [0.1, 0.15) is 284 Å². The summed E-state index contributed by atoms with van der Waals surface area (Å²) >= 11 is 0. The summed E-state index contributed by atoms with van der Waals surface area (Å²) in [7, 11) is 0. The fourth-order valence-electron chi connectivity index (χ4n) is 8.12. The number of carbonyl (C=O) groups is 3. The molecular formula is C62H108O6. The van der Waals surface area contributed by atoms with Gasteiger partial charge in [0.2, 0.25) is 0 Å². The van der Waals surface area contributed by atoms with Gasteiger partial charge in [-0.15, -0.1) is 0 Å². The average molecular weight is 950 g/mol. The molecule has 68 heavy (non-hydrogen) atoms. The van der Waals surface area contributed by atoms with Crippen molar-refractivity contribution in [1.82, 2.24) is 0 Å². The number of hydrogen-bond acceptors (Lipinski definition) is 6. The van der Waals surface area contributed by atoms with Gasteiger partial charge in [0.05, 0.1) is 0 Å². The van der Waals surface area contributed by atoms with Gasteiger partial charge in [-0.2, -0.15) is 0 Å². The molecule has 0 aliphatic rings. The summed E-state index contributed by atoms with van der Waals surface area (Å²) in [6.07, 6.45) is 71.8. The zero-order valence-electron chi connectivity index (χ0n) is 44.9. The molecule has 1 atom stereocenters. The topological polar surface area (TPSA) is 78.9 Å². The summed E-state index contributed by atoms with van der Waals surface area (Å²) in [4.78, 5) is 38.1. The predicted octanol–water partition coefficient (Wildman–Crippen LogP) is 19.4. The van der Waals surface area contributed by atoms with Gasteiger partial charge in [-0.05, 0) is 83.5 Å². The summed E-state index contributed by atoms with van der Waals surface area (Å²) in [5.41, 5.74) is 0. The molecule has 0 heterocycles. The van der Waals surface area contributed by atoms with Crippen molar-refractivity contribution in [3.05, 3.63) is 72.9 Å². The molecule has 0 saturated heterocycles. The fraction of sp³-hybridized carbons (Fsp3) is 0.758. The van der Waals surface area contributed by atoms with Gasteiger partial charge in [0.15, 0.2) is 6.10 Å². The van der Waals surface area contributed by atoms with Crippen molar-refractivity contribution in [2.45, 2.75) is 290 Å². The quantitative estimate of drug-likeness (QED) is 0.0262. The van der Waals surface area contributed by atoms with E-state index in [1.807, 2.05) is 0 Å². The molecule has 0 fully saturated rings. The Kier molecular flexibility index (Phi) is 53.8. The maximum Gasteiger partial charge on any atom is 0.306 e. The van der Waals surface area contributed by atoms with Crippen molar-refractivity contribution in [3.8, 4) is 0 Å². The van der Waals surface area contributed by atoms with E-state index in [4.69, 9.17) is 14.2 Å². The minimum Gasteiger partial charge on any atom is -0.462 e. The van der Waals surface area contributed by atoms with Crippen molar-refractivity contribution < 1.29 is 28.6 Å². The van der Waals surface area contributed by atoms with E-state index in [0.29, 0.717) is 19.3 Å². The molecule has 0 N–H and O–H groups in total. The lowest BCUT2D eigenvalue weighted by Gasteiger charge is -2.18. The van der Waals surface area contributed by atoms with Crippen LogP contribution in [-0.2, 0) is 28.6 Å². The van der Waals surface area contributed by atoms with Gasteiger partial charge >= 0.3 is 17.9 Å². The Morgan fingerprint density at radius 1 is 0.309 bits per heavy atom. The largest absolute Gasteiger partial charge is 0.462 e. The molecule has 6 nitrogen and oxygen atoms in total. The van der Waals surface area contributed by atoms with Crippen LogP contribution in [0.4, 0.5) is 0 Å².